The minimum absolute atomic E-state index is 0.0756. The van der Waals surface area contributed by atoms with Crippen molar-refractivity contribution in [3.63, 3.8) is 0 Å². The van der Waals surface area contributed by atoms with Crippen molar-refractivity contribution in [1.29, 1.82) is 0 Å². The van der Waals surface area contributed by atoms with E-state index in [4.69, 9.17) is 0 Å². The molecule has 2 rings (SSSR count). The number of halogens is 4. The molecular weight excluding hydrogens is 357 g/mol. The van der Waals surface area contributed by atoms with Crippen LogP contribution < -0.4 is 5.32 Å². The molecule has 2 aromatic rings. The van der Waals surface area contributed by atoms with Gasteiger partial charge in [-0.15, -0.1) is 11.3 Å². The molecule has 1 N–H and O–H groups in total. The molecule has 0 atom stereocenters. The summed E-state index contributed by atoms with van der Waals surface area (Å²) in [5, 5.41) is 2.81. The standard InChI is InChI=1S/C12H8BrF3N2OS/c1-6-5-17-11(20-6)18-10(19)7-2-3-9(13)8(4-7)12(14,15)16/h2-5H,1H3,(H,17,18,19). The average Bonchev–Trinajstić information content (AvgIpc) is 2.73. The van der Waals surface area contributed by atoms with E-state index < -0.39 is 17.6 Å². The monoisotopic (exact) mass is 364 g/mol. The van der Waals surface area contributed by atoms with Gasteiger partial charge in [0, 0.05) is 21.1 Å². The summed E-state index contributed by atoms with van der Waals surface area (Å²) in [4.78, 5) is 16.7. The van der Waals surface area contributed by atoms with Crippen molar-refractivity contribution in [2.24, 2.45) is 0 Å². The first-order valence-corrected chi connectivity index (χ1v) is 6.99. The number of hydrogen-bond donors (Lipinski definition) is 1. The molecule has 8 heteroatoms. The van der Waals surface area contributed by atoms with Crippen LogP contribution in [-0.4, -0.2) is 10.9 Å². The summed E-state index contributed by atoms with van der Waals surface area (Å²) >= 11 is 4.07. The summed E-state index contributed by atoms with van der Waals surface area (Å²) < 4.78 is 38.1. The van der Waals surface area contributed by atoms with Gasteiger partial charge in [-0.1, -0.05) is 15.9 Å². The SMILES string of the molecule is Cc1cnc(NC(=O)c2ccc(Br)c(C(F)(F)F)c2)s1. The van der Waals surface area contributed by atoms with Crippen molar-refractivity contribution < 1.29 is 18.0 Å². The second-order valence-corrected chi connectivity index (χ2v) is 6.01. The van der Waals surface area contributed by atoms with Gasteiger partial charge in [0.1, 0.15) is 0 Å². The summed E-state index contributed by atoms with van der Waals surface area (Å²) in [6, 6.07) is 3.32. The molecule has 0 unspecified atom stereocenters. The van der Waals surface area contributed by atoms with Crippen LogP contribution in [0.2, 0.25) is 0 Å². The van der Waals surface area contributed by atoms with E-state index in [-0.39, 0.29) is 10.0 Å². The normalized spacial score (nSPS) is 11.4. The largest absolute Gasteiger partial charge is 0.417 e. The van der Waals surface area contributed by atoms with Crippen molar-refractivity contribution in [1.82, 2.24) is 4.98 Å². The number of carbonyl (C=O) groups excluding carboxylic acids is 1. The first kappa shape index (κ1) is 15.0. The Morgan fingerprint density at radius 1 is 1.40 bits per heavy atom. The lowest BCUT2D eigenvalue weighted by atomic mass is 10.1. The quantitative estimate of drug-likeness (QED) is 0.853. The molecule has 0 bridgehead atoms. The first-order valence-electron chi connectivity index (χ1n) is 5.38. The zero-order valence-electron chi connectivity index (χ0n) is 10.1. The maximum absolute atomic E-state index is 12.8. The van der Waals surface area contributed by atoms with Gasteiger partial charge in [0.15, 0.2) is 5.13 Å². The number of hydrogen-bond acceptors (Lipinski definition) is 3. The van der Waals surface area contributed by atoms with Gasteiger partial charge in [-0.3, -0.25) is 10.1 Å². The molecule has 0 fully saturated rings. The van der Waals surface area contributed by atoms with Crippen LogP contribution in [0.4, 0.5) is 18.3 Å². The molecule has 0 spiro atoms. The number of anilines is 1. The van der Waals surface area contributed by atoms with Gasteiger partial charge in [-0.2, -0.15) is 13.2 Å². The fraction of sp³-hybridized carbons (Fsp3) is 0.167. The minimum atomic E-state index is -4.52. The Kier molecular flexibility index (Phi) is 4.14. The average molecular weight is 365 g/mol. The molecule has 3 nitrogen and oxygen atoms in total. The van der Waals surface area contributed by atoms with E-state index in [1.165, 1.54) is 23.5 Å². The second-order valence-electron chi connectivity index (χ2n) is 3.92. The smallest absolute Gasteiger partial charge is 0.298 e. The number of carbonyl (C=O) groups is 1. The molecular formula is C12H8BrF3N2OS. The lowest BCUT2D eigenvalue weighted by molar-refractivity contribution is -0.138. The molecule has 1 amide bonds. The van der Waals surface area contributed by atoms with Crippen LogP contribution in [-0.2, 0) is 6.18 Å². The van der Waals surface area contributed by atoms with Crippen LogP contribution in [0.5, 0.6) is 0 Å². The van der Waals surface area contributed by atoms with Crippen molar-refractivity contribution in [3.05, 3.63) is 44.9 Å². The van der Waals surface area contributed by atoms with Gasteiger partial charge in [0.2, 0.25) is 0 Å². The fourth-order valence-corrected chi connectivity index (χ4v) is 2.60. The van der Waals surface area contributed by atoms with E-state index in [1.54, 1.807) is 6.20 Å². The Morgan fingerprint density at radius 3 is 2.65 bits per heavy atom. The number of thiazole rings is 1. The molecule has 0 aliphatic carbocycles. The number of nitrogens with zero attached hydrogens (tertiary/aromatic N) is 1. The zero-order chi connectivity index (χ0) is 14.9. The Morgan fingerprint density at radius 2 is 2.10 bits per heavy atom. The highest BCUT2D eigenvalue weighted by atomic mass is 79.9. The summed E-state index contributed by atoms with van der Waals surface area (Å²) in [7, 11) is 0. The van der Waals surface area contributed by atoms with Crippen LogP contribution >= 0.6 is 27.3 Å². The zero-order valence-corrected chi connectivity index (χ0v) is 12.5. The molecule has 0 aliphatic heterocycles. The summed E-state index contributed by atoms with van der Waals surface area (Å²) in [5.41, 5.74) is -0.964. The number of alkyl halides is 3. The number of rotatable bonds is 2. The Bertz CT molecular complexity index is 654. The first-order chi connectivity index (χ1) is 9.27. The van der Waals surface area contributed by atoms with E-state index in [0.717, 1.165) is 10.9 Å². The molecule has 1 heterocycles. The van der Waals surface area contributed by atoms with E-state index in [9.17, 15) is 18.0 Å². The molecule has 20 heavy (non-hydrogen) atoms. The molecule has 1 aromatic carbocycles. The maximum atomic E-state index is 12.8. The van der Waals surface area contributed by atoms with Crippen LogP contribution in [0.15, 0.2) is 28.9 Å². The predicted molar refractivity (Wildman–Crippen MR) is 73.9 cm³/mol. The molecule has 1 aromatic heterocycles. The number of aryl methyl sites for hydroxylation is 1. The van der Waals surface area contributed by atoms with Gasteiger partial charge < -0.3 is 0 Å². The highest BCUT2D eigenvalue weighted by molar-refractivity contribution is 9.10. The predicted octanol–water partition coefficient (Wildman–Crippen LogP) is 4.49. The Hall–Kier alpha value is -1.41. The van der Waals surface area contributed by atoms with Gasteiger partial charge in [-0.25, -0.2) is 4.98 Å². The molecule has 0 saturated heterocycles. The van der Waals surface area contributed by atoms with Crippen LogP contribution in [0, 0.1) is 6.92 Å². The number of amides is 1. The molecule has 0 radical (unpaired) electrons. The third kappa shape index (κ3) is 3.37. The van der Waals surface area contributed by atoms with E-state index >= 15 is 0 Å². The number of nitrogens with one attached hydrogen (secondary N) is 1. The highest BCUT2D eigenvalue weighted by Crippen LogP contribution is 2.35. The molecule has 0 aliphatic rings. The third-order valence-electron chi connectivity index (χ3n) is 2.38. The summed E-state index contributed by atoms with van der Waals surface area (Å²) in [6.07, 6.45) is -2.95. The lowest BCUT2D eigenvalue weighted by Gasteiger charge is -2.10. The number of aromatic nitrogens is 1. The van der Waals surface area contributed by atoms with Gasteiger partial charge in [-0.05, 0) is 25.1 Å². The van der Waals surface area contributed by atoms with Crippen LogP contribution in [0.3, 0.4) is 0 Å². The Labute approximate surface area is 125 Å². The van der Waals surface area contributed by atoms with Crippen molar-refractivity contribution in [2.75, 3.05) is 5.32 Å². The van der Waals surface area contributed by atoms with Crippen molar-refractivity contribution in [3.8, 4) is 0 Å². The highest BCUT2D eigenvalue weighted by Gasteiger charge is 2.33. The van der Waals surface area contributed by atoms with Crippen LogP contribution in [0.25, 0.3) is 0 Å². The topological polar surface area (TPSA) is 42.0 Å². The Balaban J connectivity index is 2.27. The number of benzene rings is 1. The van der Waals surface area contributed by atoms with Gasteiger partial charge in [0.05, 0.1) is 5.56 Å². The molecule has 0 saturated carbocycles. The van der Waals surface area contributed by atoms with Crippen molar-refractivity contribution >= 4 is 38.3 Å². The summed E-state index contributed by atoms with van der Waals surface area (Å²) in [5.74, 6) is -0.627. The lowest BCUT2D eigenvalue weighted by Crippen LogP contribution is -2.14. The van der Waals surface area contributed by atoms with Gasteiger partial charge >= 0.3 is 6.18 Å². The van der Waals surface area contributed by atoms with E-state index in [1.807, 2.05) is 6.92 Å². The third-order valence-corrected chi connectivity index (χ3v) is 3.90. The minimum Gasteiger partial charge on any atom is -0.298 e. The summed E-state index contributed by atoms with van der Waals surface area (Å²) in [6.45, 7) is 1.81. The fourth-order valence-electron chi connectivity index (χ4n) is 1.47. The molecule has 106 valence electrons. The van der Waals surface area contributed by atoms with E-state index in [2.05, 4.69) is 26.2 Å². The van der Waals surface area contributed by atoms with E-state index in [0.29, 0.717) is 5.13 Å². The maximum Gasteiger partial charge on any atom is 0.417 e. The van der Waals surface area contributed by atoms with Gasteiger partial charge in [0.25, 0.3) is 5.91 Å². The van der Waals surface area contributed by atoms with Crippen LogP contribution in [0.1, 0.15) is 20.8 Å². The van der Waals surface area contributed by atoms with Crippen molar-refractivity contribution in [2.45, 2.75) is 13.1 Å². The second kappa shape index (κ2) is 5.53.